The summed E-state index contributed by atoms with van der Waals surface area (Å²) in [6, 6.07) is 2.41. The van der Waals surface area contributed by atoms with E-state index in [1.165, 1.54) is 0 Å². The highest BCUT2D eigenvalue weighted by Gasteiger charge is 2.37. The zero-order chi connectivity index (χ0) is 14.1. The molecule has 0 atom stereocenters. The Morgan fingerprint density at radius 3 is 2.37 bits per heavy atom. The van der Waals surface area contributed by atoms with Crippen molar-refractivity contribution in [3.63, 3.8) is 0 Å². The van der Waals surface area contributed by atoms with Crippen LogP contribution in [0, 0.1) is 11.6 Å². The van der Waals surface area contributed by atoms with Gasteiger partial charge in [0, 0.05) is 0 Å². The normalized spacial score (nSPS) is 18.7. The second-order valence-corrected chi connectivity index (χ2v) is 6.51. The van der Waals surface area contributed by atoms with Crippen molar-refractivity contribution in [3.05, 3.63) is 29.8 Å². The minimum Gasteiger partial charge on any atom is -0.394 e. The Balaban J connectivity index is 2.29. The Hall–Kier alpha value is -1.05. The monoisotopic (exact) mass is 291 g/mol. The first-order valence-electron chi connectivity index (χ1n) is 5.98. The molecule has 0 aromatic heterocycles. The van der Waals surface area contributed by atoms with Gasteiger partial charge in [0.05, 0.1) is 17.0 Å². The van der Waals surface area contributed by atoms with E-state index in [1.807, 2.05) is 0 Å². The molecule has 0 spiro atoms. The van der Waals surface area contributed by atoms with Gasteiger partial charge >= 0.3 is 0 Å². The van der Waals surface area contributed by atoms with Crippen LogP contribution in [0.15, 0.2) is 23.1 Å². The van der Waals surface area contributed by atoms with Crippen molar-refractivity contribution in [3.8, 4) is 0 Å². The smallest absolute Gasteiger partial charge is 0.241 e. The maximum absolute atomic E-state index is 13.1. The predicted molar refractivity (Wildman–Crippen MR) is 65.0 cm³/mol. The lowest BCUT2D eigenvalue weighted by Gasteiger charge is -2.27. The molecule has 1 aliphatic rings. The maximum atomic E-state index is 13.1. The van der Waals surface area contributed by atoms with Crippen LogP contribution in [0.4, 0.5) is 8.78 Å². The van der Waals surface area contributed by atoms with Crippen LogP contribution in [-0.2, 0) is 10.0 Å². The van der Waals surface area contributed by atoms with Crippen LogP contribution in [0.1, 0.15) is 25.7 Å². The molecule has 0 amide bonds. The SMILES string of the molecule is O=S(=O)(NC1(CO)CCCC1)c1ccc(F)c(F)c1. The molecule has 4 nitrogen and oxygen atoms in total. The summed E-state index contributed by atoms with van der Waals surface area (Å²) in [5, 5.41) is 9.36. The highest BCUT2D eigenvalue weighted by molar-refractivity contribution is 7.89. The van der Waals surface area contributed by atoms with Crippen LogP contribution in [-0.4, -0.2) is 25.7 Å². The summed E-state index contributed by atoms with van der Waals surface area (Å²) < 4.78 is 52.5. The van der Waals surface area contributed by atoms with Crippen molar-refractivity contribution in [1.82, 2.24) is 4.72 Å². The van der Waals surface area contributed by atoms with Crippen molar-refractivity contribution < 1.29 is 22.3 Å². The first-order valence-corrected chi connectivity index (χ1v) is 7.47. The zero-order valence-electron chi connectivity index (χ0n) is 10.2. The number of sulfonamides is 1. The van der Waals surface area contributed by atoms with Gasteiger partial charge in [-0.3, -0.25) is 0 Å². The van der Waals surface area contributed by atoms with E-state index in [2.05, 4.69) is 4.72 Å². The van der Waals surface area contributed by atoms with Gasteiger partial charge in [0.25, 0.3) is 0 Å². The molecule has 0 saturated heterocycles. The maximum Gasteiger partial charge on any atom is 0.241 e. The molecule has 1 saturated carbocycles. The summed E-state index contributed by atoms with van der Waals surface area (Å²) in [6.07, 6.45) is 2.71. The van der Waals surface area contributed by atoms with E-state index in [1.54, 1.807) is 0 Å². The summed E-state index contributed by atoms with van der Waals surface area (Å²) in [7, 11) is -3.97. The fraction of sp³-hybridized carbons (Fsp3) is 0.500. The van der Waals surface area contributed by atoms with Gasteiger partial charge in [-0.25, -0.2) is 21.9 Å². The Morgan fingerprint density at radius 2 is 1.84 bits per heavy atom. The van der Waals surface area contributed by atoms with Gasteiger partial charge < -0.3 is 5.11 Å². The lowest BCUT2D eigenvalue weighted by molar-refractivity contribution is 0.185. The van der Waals surface area contributed by atoms with Crippen molar-refractivity contribution in [2.24, 2.45) is 0 Å². The highest BCUT2D eigenvalue weighted by atomic mass is 32.2. The molecule has 2 rings (SSSR count). The van der Waals surface area contributed by atoms with E-state index >= 15 is 0 Å². The topological polar surface area (TPSA) is 66.4 Å². The van der Waals surface area contributed by atoms with E-state index in [4.69, 9.17) is 0 Å². The van der Waals surface area contributed by atoms with Gasteiger partial charge in [0.1, 0.15) is 0 Å². The fourth-order valence-electron chi connectivity index (χ4n) is 2.33. The highest BCUT2D eigenvalue weighted by Crippen LogP contribution is 2.31. The Kier molecular flexibility index (Phi) is 3.89. The van der Waals surface area contributed by atoms with Crippen LogP contribution in [0.3, 0.4) is 0 Å². The second kappa shape index (κ2) is 5.15. The summed E-state index contributed by atoms with van der Waals surface area (Å²) in [6.45, 7) is -0.310. The molecule has 7 heteroatoms. The number of hydrogen-bond acceptors (Lipinski definition) is 3. The van der Waals surface area contributed by atoms with Crippen LogP contribution in [0.25, 0.3) is 0 Å². The number of aliphatic hydroxyl groups excluding tert-OH is 1. The van der Waals surface area contributed by atoms with Gasteiger partial charge in [0.2, 0.25) is 10.0 Å². The largest absolute Gasteiger partial charge is 0.394 e. The number of halogens is 2. The number of rotatable bonds is 4. The first kappa shape index (κ1) is 14.4. The number of hydrogen-bond donors (Lipinski definition) is 2. The van der Waals surface area contributed by atoms with E-state index in [9.17, 15) is 22.3 Å². The molecule has 1 aliphatic carbocycles. The first-order chi connectivity index (χ1) is 8.88. The molecule has 0 aliphatic heterocycles. The van der Waals surface area contributed by atoms with Gasteiger partial charge in [-0.05, 0) is 31.0 Å². The van der Waals surface area contributed by atoms with Crippen LogP contribution < -0.4 is 4.72 Å². The van der Waals surface area contributed by atoms with Crippen molar-refractivity contribution in [2.45, 2.75) is 36.1 Å². The van der Waals surface area contributed by atoms with Crippen molar-refractivity contribution in [1.29, 1.82) is 0 Å². The molecular formula is C12H15F2NO3S. The molecule has 0 heterocycles. The van der Waals surface area contributed by atoms with Gasteiger partial charge in [0.15, 0.2) is 11.6 Å². The molecule has 0 unspecified atom stereocenters. The number of nitrogens with one attached hydrogen (secondary N) is 1. The van der Waals surface area contributed by atoms with Gasteiger partial charge in [-0.15, -0.1) is 0 Å². The molecular weight excluding hydrogens is 276 g/mol. The molecule has 2 N–H and O–H groups in total. The fourth-order valence-corrected chi connectivity index (χ4v) is 3.79. The molecule has 1 aromatic carbocycles. The van der Waals surface area contributed by atoms with Crippen LogP contribution in [0.2, 0.25) is 0 Å². The lowest BCUT2D eigenvalue weighted by Crippen LogP contribution is -2.49. The standard InChI is InChI=1S/C12H15F2NO3S/c13-10-4-3-9(7-11(10)14)19(17,18)15-12(8-16)5-1-2-6-12/h3-4,7,15-16H,1-2,5-6,8H2. The third-order valence-electron chi connectivity index (χ3n) is 3.42. The van der Waals surface area contributed by atoms with E-state index in [-0.39, 0.29) is 11.5 Å². The second-order valence-electron chi connectivity index (χ2n) is 4.83. The van der Waals surface area contributed by atoms with Crippen LogP contribution >= 0.6 is 0 Å². The summed E-state index contributed by atoms with van der Waals surface area (Å²) in [5.41, 5.74) is -0.885. The predicted octanol–water partition coefficient (Wildman–Crippen LogP) is 1.55. The summed E-state index contributed by atoms with van der Waals surface area (Å²) >= 11 is 0. The molecule has 0 bridgehead atoms. The van der Waals surface area contributed by atoms with E-state index in [0.29, 0.717) is 18.9 Å². The Labute approximate surface area is 110 Å². The minimum atomic E-state index is -3.97. The molecule has 1 fully saturated rings. The van der Waals surface area contributed by atoms with E-state index in [0.717, 1.165) is 25.0 Å². The van der Waals surface area contributed by atoms with Gasteiger partial charge in [-0.1, -0.05) is 12.8 Å². The zero-order valence-corrected chi connectivity index (χ0v) is 11.0. The third kappa shape index (κ3) is 2.93. The van der Waals surface area contributed by atoms with Gasteiger partial charge in [-0.2, -0.15) is 0 Å². The number of aliphatic hydroxyl groups is 1. The van der Waals surface area contributed by atoms with Crippen molar-refractivity contribution >= 4 is 10.0 Å². The average Bonchev–Trinajstić information content (AvgIpc) is 2.81. The third-order valence-corrected chi connectivity index (χ3v) is 4.99. The van der Waals surface area contributed by atoms with Crippen LogP contribution in [0.5, 0.6) is 0 Å². The summed E-state index contributed by atoms with van der Waals surface area (Å²) in [5.74, 6) is -2.32. The Morgan fingerprint density at radius 1 is 1.21 bits per heavy atom. The molecule has 19 heavy (non-hydrogen) atoms. The quantitative estimate of drug-likeness (QED) is 0.884. The summed E-state index contributed by atoms with van der Waals surface area (Å²) in [4.78, 5) is -0.342. The molecule has 0 radical (unpaired) electrons. The van der Waals surface area contributed by atoms with Crippen molar-refractivity contribution in [2.75, 3.05) is 6.61 Å². The molecule has 106 valence electrons. The van der Waals surface area contributed by atoms with E-state index < -0.39 is 27.2 Å². The Bertz CT molecular complexity index is 568. The average molecular weight is 291 g/mol. The number of benzene rings is 1. The lowest BCUT2D eigenvalue weighted by atomic mass is 10.0. The minimum absolute atomic E-state index is 0.310. The molecule has 1 aromatic rings.